The molecule has 124 heavy (non-hydrogen) atoms. The van der Waals surface area contributed by atoms with Crippen molar-refractivity contribution in [3.63, 3.8) is 0 Å². The molecule has 0 fully saturated rings. The molecule has 5 heterocycles. The van der Waals surface area contributed by atoms with E-state index in [0.29, 0.717) is 75.2 Å². The van der Waals surface area contributed by atoms with Crippen LogP contribution in [0.25, 0.3) is 60.6 Å². The van der Waals surface area contributed by atoms with Gasteiger partial charge in [0, 0.05) is 179 Å². The number of ether oxygens (including phenoxy) is 11. The maximum absolute atomic E-state index is 13.2. The zero-order valence-corrected chi connectivity index (χ0v) is 79.9. The van der Waals surface area contributed by atoms with Gasteiger partial charge in [-0.25, -0.2) is 29.6 Å². The number of carbonyl (C=O) groups is 6. The van der Waals surface area contributed by atoms with Crippen molar-refractivity contribution in [2.75, 3.05) is 97.6 Å². The maximum Gasteiger partial charge on any atom is 1.00 e. The van der Waals surface area contributed by atoms with Crippen molar-refractivity contribution >= 4 is 145 Å². The minimum absolute atomic E-state index is 0. The first-order valence-electron chi connectivity index (χ1n) is 35.8. The predicted octanol–water partition coefficient (Wildman–Crippen LogP) is 11.3. The van der Waals surface area contributed by atoms with Crippen molar-refractivity contribution in [3.05, 3.63) is 212 Å². The maximum atomic E-state index is 13.2. The van der Waals surface area contributed by atoms with Crippen molar-refractivity contribution in [3.8, 4) is 40.2 Å². The minimum Gasteiger partial charge on any atom is -0.870 e. The first-order chi connectivity index (χ1) is 56.9. The van der Waals surface area contributed by atoms with Crippen LogP contribution in [0, 0.1) is 45.2 Å². The smallest absolute Gasteiger partial charge is 0.870 e. The number of nitrogens with zero attached hydrogens (tertiary/aromatic N) is 2. The van der Waals surface area contributed by atoms with Crippen LogP contribution in [0.3, 0.4) is 0 Å². The number of carbonyl (C=O) groups excluding carboxylic acids is 5. The number of H-pyrrole nitrogens is 3. The van der Waals surface area contributed by atoms with Gasteiger partial charge in [-0.15, -0.1) is 0 Å². The Morgan fingerprint density at radius 1 is 0.484 bits per heavy atom. The van der Waals surface area contributed by atoms with Crippen LogP contribution in [0.5, 0.6) is 40.2 Å². The summed E-state index contributed by atoms with van der Waals surface area (Å²) < 4.78 is 148. The number of aldehydes is 1. The topological polar surface area (TPSA) is 455 Å². The summed E-state index contributed by atoms with van der Waals surface area (Å²) in [5, 5.41) is 13.3. The molecule has 41 heteroatoms. The number of aromatic nitrogens is 5. The molecule has 0 aliphatic rings. The Hall–Kier alpha value is -8.43. The average molecular weight is 1960 g/mol. The van der Waals surface area contributed by atoms with Crippen LogP contribution in [-0.2, 0) is 127 Å². The van der Waals surface area contributed by atoms with Crippen LogP contribution < -0.4 is 84.5 Å². The molecular formula is C83H96ArClKN5O28PPdS3-2. The number of aromatic amines is 3. The number of esters is 4. The number of benzene rings is 7. The van der Waals surface area contributed by atoms with E-state index in [9.17, 15) is 50.2 Å². The second-order valence-corrected chi connectivity index (χ2v) is 31.3. The van der Waals surface area contributed by atoms with Crippen LogP contribution in [-0.4, -0.2) is 193 Å². The molecule has 0 amide bonds. The van der Waals surface area contributed by atoms with Gasteiger partial charge in [-0.3, -0.25) is 32.7 Å². The van der Waals surface area contributed by atoms with Gasteiger partial charge < -0.3 is 98.7 Å². The summed E-state index contributed by atoms with van der Waals surface area (Å²) in [6.07, 6.45) is 13.8. The normalized spacial score (nSPS) is 10.8. The van der Waals surface area contributed by atoms with Crippen molar-refractivity contribution in [2.45, 2.75) is 62.2 Å². The van der Waals surface area contributed by atoms with Gasteiger partial charge in [0.15, 0.2) is 6.29 Å². The van der Waals surface area contributed by atoms with E-state index in [0.717, 1.165) is 72.9 Å². The number of fused-ring (bicyclic) bond motifs is 5. The Morgan fingerprint density at radius 3 is 1.16 bits per heavy atom. The fourth-order valence-corrected chi connectivity index (χ4v) is 15.6. The number of carboxylic acids is 1. The van der Waals surface area contributed by atoms with Crippen LogP contribution >= 0.6 is 18.3 Å². The summed E-state index contributed by atoms with van der Waals surface area (Å²) in [7, 11) is 7.11. The number of halogens is 1. The fraction of sp³-hybridized carbons (Fsp3) is 0.265. The van der Waals surface area contributed by atoms with E-state index >= 15 is 0 Å². The summed E-state index contributed by atoms with van der Waals surface area (Å²) in [6, 6.07) is 39.6. The third-order valence-electron chi connectivity index (χ3n) is 17.4. The molecule has 12 aromatic rings. The van der Waals surface area contributed by atoms with E-state index < -0.39 is 49.9 Å². The number of carboxylic acid groups (broad SMARTS) is 1. The van der Waals surface area contributed by atoms with Gasteiger partial charge in [0.05, 0.1) is 112 Å². The number of methoxy groups -OCH3 is 11. The molecule has 0 bridgehead atoms. The molecule has 0 aliphatic carbocycles. The third-order valence-corrected chi connectivity index (χ3v) is 22.7. The van der Waals surface area contributed by atoms with Gasteiger partial charge in [-0.1, -0.05) is 0 Å². The summed E-state index contributed by atoms with van der Waals surface area (Å²) >= 11 is 0. The standard InChI is InChI=1S/C20H21NO6S.C19H19NO6S.C13H15NO3.C13H13NO3.C10H9NO2.C7H15O5P.CH3.Ar.ClHO2S.K.H2O.Pd/c1-25-15-5-8-17(9-6-15)28(23,24)21-13-14(4-11-20(22)27-3)18-12-16(26-2)7-10-19(18)21;1-25-14-4-7-16(8-5-14)27(23,24)20-12-13(3-10-19(21)22)17-11-15(26-2)6-9-18(17)20;2*1-16-10-4-5-12-11(7-10)9(8-14-12)3-6-13(15)17-2;1-13-8-2-3-10-9(4-8)7(6-12)5-11-10;1-4-11-13(9,12-5-2)6-7(8)10-3;;;1-4(2)3;;;/h5-10,12-13H,4,11H2,1-3H3;4-9,11-12H,3,10H2,1-2H3,(H,21,22);4-5,7-8,14H,3,6H2,1-2H3;3-8,14H,1-2H3;2-6,11H,1H3;4-6H2,1-3H3;1H3;;(H,2,3);;1H2;/q;;;;;;-1;;;+1;;/p-2/b;;;6-3-;;;;;;;;. The second-order valence-electron chi connectivity index (χ2n) is 24.5. The molecule has 0 radical (unpaired) electrons. The molecule has 0 saturated heterocycles. The third kappa shape index (κ3) is 33.1. The van der Waals surface area contributed by atoms with Gasteiger partial charge in [0.25, 0.3) is 20.0 Å². The number of nitrogens with one attached hydrogen (secondary N) is 3. The van der Waals surface area contributed by atoms with Gasteiger partial charge in [-0.2, -0.15) is 0 Å². The van der Waals surface area contributed by atoms with Gasteiger partial charge >= 0.3 is 88.8 Å². The van der Waals surface area contributed by atoms with Gasteiger partial charge in [0.2, 0.25) is 0 Å². The first-order valence-corrected chi connectivity index (χ1v) is 42.3. The van der Waals surface area contributed by atoms with Gasteiger partial charge in [0.1, 0.15) is 46.4 Å². The first kappa shape index (κ1) is 114. The molecule has 1 unspecified atom stereocenters. The van der Waals surface area contributed by atoms with Crippen molar-refractivity contribution in [1.82, 2.24) is 22.9 Å². The van der Waals surface area contributed by atoms with Crippen molar-refractivity contribution in [2.24, 2.45) is 0 Å². The summed E-state index contributed by atoms with van der Waals surface area (Å²) in [4.78, 5) is 75.6. The molecule has 1 atom stereocenters. The SMILES string of the molecule is CCOP(=O)(CC(=O)OC)OCC.COC(=O)/C=C\c1c[nH]c2ccc(OC)cc12.COC(=O)CCc1c[nH]c2ccc(OC)cc12.COC(=O)CCc1cn(S(=O)(=O)c2ccc(OC)cc2)c2ccc(OC)cc12.COc1ccc(S(=O)(=O)n2cc(CCC(=O)O)c3cc(OC)ccc32)cc1.COc1ccc2[nH]cc(C=O)c2c1.O=S([O-])Cl.[Ar].[CH3-].[K+].[OH-].[Pd]. The molecule has 672 valence electrons. The van der Waals surface area contributed by atoms with Crippen LogP contribution in [0.1, 0.15) is 65.7 Å². The Morgan fingerprint density at radius 2 is 0.806 bits per heavy atom. The van der Waals surface area contributed by atoms with E-state index in [1.807, 2.05) is 67.0 Å². The minimum atomic E-state index is -3.85. The van der Waals surface area contributed by atoms with Crippen LogP contribution in [0.4, 0.5) is 0 Å². The zero-order chi connectivity index (χ0) is 87.6. The number of hydrogen-bond acceptors (Lipinski definition) is 27. The van der Waals surface area contributed by atoms with E-state index in [2.05, 4.69) is 39.8 Å². The van der Waals surface area contributed by atoms with E-state index in [-0.39, 0.29) is 189 Å². The Bertz CT molecular complexity index is 5770. The summed E-state index contributed by atoms with van der Waals surface area (Å²) in [5.41, 5.74) is 8.00. The quantitative estimate of drug-likeness (QED) is 0.00389. The van der Waals surface area contributed by atoms with Crippen LogP contribution in [0.15, 0.2) is 186 Å². The molecular weight excluding hydrogens is 1860 g/mol. The Balaban J connectivity index is 0.000000748. The Labute approximate surface area is 811 Å². The van der Waals surface area contributed by atoms with E-state index in [1.165, 1.54) is 94.3 Å². The molecule has 0 saturated carbocycles. The second kappa shape index (κ2) is 56.6. The van der Waals surface area contributed by atoms with Crippen LogP contribution in [0.2, 0.25) is 0 Å². The number of aliphatic carboxylic acids is 1. The predicted molar refractivity (Wildman–Crippen MR) is 457 cm³/mol. The molecule has 5 N–H and O–H groups in total. The molecule has 12 rings (SSSR count). The van der Waals surface area contributed by atoms with E-state index in [4.69, 9.17) is 60.8 Å². The summed E-state index contributed by atoms with van der Waals surface area (Å²) in [6.45, 7) is 3.86. The summed E-state index contributed by atoms with van der Waals surface area (Å²) in [5.74, 6) is 2.19. The molecule has 7 aromatic carbocycles. The van der Waals surface area contributed by atoms with Crippen molar-refractivity contribution in [1.29, 1.82) is 0 Å². The molecule has 0 aliphatic heterocycles. The molecule has 33 nitrogen and oxygen atoms in total. The Kier molecular flexibility index (Phi) is 51.8. The van der Waals surface area contributed by atoms with Crippen molar-refractivity contribution < 1.29 is 240 Å². The number of hydrogen-bond donors (Lipinski definition) is 4. The molecule has 0 spiro atoms. The van der Waals surface area contributed by atoms with E-state index in [1.54, 1.807) is 121 Å². The number of rotatable bonds is 29. The molecule has 5 aromatic heterocycles. The zero-order valence-electron chi connectivity index (χ0n) is 70.4. The van der Waals surface area contributed by atoms with Gasteiger partial charge in [-0.05, 0) is 206 Å². The monoisotopic (exact) mass is 1960 g/mol. The average Bonchev–Trinajstić information content (AvgIpc) is 1.55. The largest absolute Gasteiger partial charge is 1.00 e. The fourth-order valence-electron chi connectivity index (χ4n) is 11.4. The number of aryl methyl sites for hydroxylation is 3.